The van der Waals surface area contributed by atoms with Crippen molar-refractivity contribution in [1.29, 1.82) is 0 Å². The third-order valence-electron chi connectivity index (χ3n) is 2.76. The van der Waals surface area contributed by atoms with E-state index in [9.17, 15) is 0 Å². The molecule has 0 bridgehead atoms. The molecule has 0 radical (unpaired) electrons. The highest BCUT2D eigenvalue weighted by Gasteiger charge is 2.20. The van der Waals surface area contributed by atoms with Gasteiger partial charge in [0.15, 0.2) is 5.96 Å². The predicted molar refractivity (Wildman–Crippen MR) is 73.8 cm³/mol. The number of nitrogens with two attached hydrogens (primary N) is 1. The lowest BCUT2D eigenvalue weighted by Gasteiger charge is -2.06. The van der Waals surface area contributed by atoms with E-state index in [0.29, 0.717) is 5.96 Å². The summed E-state index contributed by atoms with van der Waals surface area (Å²) in [5, 5.41) is 3.07. The molecule has 0 aromatic heterocycles. The zero-order valence-electron chi connectivity index (χ0n) is 11.5. The van der Waals surface area contributed by atoms with Crippen molar-refractivity contribution in [1.82, 2.24) is 5.32 Å². The van der Waals surface area contributed by atoms with Gasteiger partial charge >= 0.3 is 0 Å². The Morgan fingerprint density at radius 3 is 2.78 bits per heavy atom. The average Bonchev–Trinajstić information content (AvgIpc) is 3.17. The molecule has 0 amide bonds. The number of guanidine groups is 1. The Hall–Kier alpha value is -0.810. The average molecular weight is 257 g/mol. The van der Waals surface area contributed by atoms with Crippen molar-refractivity contribution in [3.63, 3.8) is 0 Å². The van der Waals surface area contributed by atoms with Crippen LogP contribution in [-0.4, -0.2) is 45.5 Å². The van der Waals surface area contributed by atoms with Crippen LogP contribution in [0.2, 0.25) is 0 Å². The van der Waals surface area contributed by atoms with E-state index in [4.69, 9.17) is 15.2 Å². The van der Waals surface area contributed by atoms with Crippen molar-refractivity contribution < 1.29 is 9.47 Å². The minimum absolute atomic E-state index is 0.522. The molecule has 0 aromatic carbocycles. The fourth-order valence-corrected chi connectivity index (χ4v) is 1.49. The molecule has 0 aliphatic heterocycles. The minimum atomic E-state index is 0.522. The molecular weight excluding hydrogens is 230 g/mol. The second-order valence-corrected chi connectivity index (χ2v) is 4.62. The second-order valence-electron chi connectivity index (χ2n) is 4.62. The molecule has 5 nitrogen and oxygen atoms in total. The van der Waals surface area contributed by atoms with Crippen LogP contribution in [-0.2, 0) is 9.47 Å². The summed E-state index contributed by atoms with van der Waals surface area (Å²) in [6, 6.07) is 0. The highest BCUT2D eigenvalue weighted by molar-refractivity contribution is 5.77. The molecular formula is C13H27N3O2. The number of ether oxygens (including phenoxy) is 2. The Balaban J connectivity index is 1.82. The van der Waals surface area contributed by atoms with E-state index in [1.54, 1.807) is 0 Å². The largest absolute Gasteiger partial charge is 0.382 e. The summed E-state index contributed by atoms with van der Waals surface area (Å²) in [7, 11) is 0. The normalized spacial score (nSPS) is 15.9. The molecule has 1 aliphatic rings. The third kappa shape index (κ3) is 9.24. The molecule has 1 aliphatic carbocycles. The third-order valence-corrected chi connectivity index (χ3v) is 2.76. The fourth-order valence-electron chi connectivity index (χ4n) is 1.49. The molecule has 106 valence electrons. The summed E-state index contributed by atoms with van der Waals surface area (Å²) in [6.07, 6.45) is 4.58. The van der Waals surface area contributed by atoms with E-state index in [2.05, 4.69) is 10.3 Å². The van der Waals surface area contributed by atoms with Crippen molar-refractivity contribution in [2.45, 2.75) is 32.6 Å². The number of rotatable bonds is 11. The van der Waals surface area contributed by atoms with Gasteiger partial charge in [-0.25, -0.2) is 0 Å². The lowest BCUT2D eigenvalue weighted by Crippen LogP contribution is -2.33. The number of hydrogen-bond donors (Lipinski definition) is 2. The highest BCUT2D eigenvalue weighted by atomic mass is 16.5. The lowest BCUT2D eigenvalue weighted by molar-refractivity contribution is 0.123. The zero-order valence-corrected chi connectivity index (χ0v) is 11.5. The van der Waals surface area contributed by atoms with Crippen LogP contribution in [0.15, 0.2) is 4.99 Å². The SMILES string of the molecule is CCOCCCNC(N)=NCCCOCC1CC1. The van der Waals surface area contributed by atoms with Gasteiger partial charge in [-0.1, -0.05) is 0 Å². The van der Waals surface area contributed by atoms with Crippen molar-refractivity contribution in [3.05, 3.63) is 0 Å². The van der Waals surface area contributed by atoms with Gasteiger partial charge in [-0.3, -0.25) is 4.99 Å². The van der Waals surface area contributed by atoms with E-state index in [1.807, 2.05) is 6.92 Å². The molecule has 1 rings (SSSR count). The molecule has 0 atom stereocenters. The van der Waals surface area contributed by atoms with Crippen molar-refractivity contribution in [2.24, 2.45) is 16.6 Å². The van der Waals surface area contributed by atoms with E-state index in [0.717, 1.165) is 58.3 Å². The predicted octanol–water partition coefficient (Wildman–Crippen LogP) is 1.13. The van der Waals surface area contributed by atoms with Gasteiger partial charge in [-0.2, -0.15) is 0 Å². The number of nitrogens with one attached hydrogen (secondary N) is 1. The standard InChI is InChI=1S/C13H27N3O2/c1-2-17-9-3-7-15-13(14)16-8-4-10-18-11-12-5-6-12/h12H,2-11H2,1H3,(H3,14,15,16). The first-order valence-electron chi connectivity index (χ1n) is 7.02. The van der Waals surface area contributed by atoms with Crippen LogP contribution >= 0.6 is 0 Å². The lowest BCUT2D eigenvalue weighted by atomic mass is 10.4. The first kappa shape index (κ1) is 15.2. The molecule has 18 heavy (non-hydrogen) atoms. The Morgan fingerprint density at radius 2 is 2.06 bits per heavy atom. The molecule has 1 saturated carbocycles. The van der Waals surface area contributed by atoms with Gasteiger partial charge in [0.25, 0.3) is 0 Å². The summed E-state index contributed by atoms with van der Waals surface area (Å²) < 4.78 is 10.7. The maximum atomic E-state index is 5.72. The summed E-state index contributed by atoms with van der Waals surface area (Å²) in [4.78, 5) is 4.24. The van der Waals surface area contributed by atoms with Crippen LogP contribution in [0.1, 0.15) is 32.6 Å². The van der Waals surface area contributed by atoms with Gasteiger partial charge < -0.3 is 20.5 Å². The maximum Gasteiger partial charge on any atom is 0.188 e. The van der Waals surface area contributed by atoms with Crippen LogP contribution < -0.4 is 11.1 Å². The topological polar surface area (TPSA) is 68.9 Å². The smallest absolute Gasteiger partial charge is 0.188 e. The van der Waals surface area contributed by atoms with Gasteiger partial charge in [0.1, 0.15) is 0 Å². The summed E-state index contributed by atoms with van der Waals surface area (Å²) >= 11 is 0. The quantitative estimate of drug-likeness (QED) is 0.331. The molecule has 0 unspecified atom stereocenters. The Labute approximate surface area is 110 Å². The van der Waals surface area contributed by atoms with Crippen LogP contribution in [0.3, 0.4) is 0 Å². The van der Waals surface area contributed by atoms with Gasteiger partial charge in [0.2, 0.25) is 0 Å². The zero-order chi connectivity index (χ0) is 13.1. The van der Waals surface area contributed by atoms with Gasteiger partial charge in [-0.15, -0.1) is 0 Å². The van der Waals surface area contributed by atoms with E-state index in [1.165, 1.54) is 12.8 Å². The van der Waals surface area contributed by atoms with Crippen LogP contribution in [0, 0.1) is 5.92 Å². The molecule has 0 heterocycles. The summed E-state index contributed by atoms with van der Waals surface area (Å²) in [6.45, 7) is 6.79. The van der Waals surface area contributed by atoms with E-state index in [-0.39, 0.29) is 0 Å². The van der Waals surface area contributed by atoms with Crippen LogP contribution in [0.4, 0.5) is 0 Å². The highest BCUT2D eigenvalue weighted by Crippen LogP contribution is 2.28. The summed E-state index contributed by atoms with van der Waals surface area (Å²) in [5.74, 6) is 1.36. The molecule has 0 aromatic rings. The van der Waals surface area contributed by atoms with Gasteiger partial charge in [0.05, 0.1) is 0 Å². The van der Waals surface area contributed by atoms with Gasteiger partial charge in [-0.05, 0) is 38.5 Å². The van der Waals surface area contributed by atoms with Crippen molar-refractivity contribution in [2.75, 3.05) is 39.5 Å². The summed E-state index contributed by atoms with van der Waals surface area (Å²) in [5.41, 5.74) is 5.72. The Morgan fingerprint density at radius 1 is 1.28 bits per heavy atom. The monoisotopic (exact) mass is 257 g/mol. The fraction of sp³-hybridized carbons (Fsp3) is 0.923. The van der Waals surface area contributed by atoms with Crippen LogP contribution in [0.5, 0.6) is 0 Å². The minimum Gasteiger partial charge on any atom is -0.382 e. The van der Waals surface area contributed by atoms with Crippen molar-refractivity contribution >= 4 is 5.96 Å². The molecule has 1 fully saturated rings. The van der Waals surface area contributed by atoms with Crippen LogP contribution in [0.25, 0.3) is 0 Å². The number of hydrogen-bond acceptors (Lipinski definition) is 3. The van der Waals surface area contributed by atoms with E-state index >= 15 is 0 Å². The first-order chi connectivity index (χ1) is 8.83. The number of aliphatic imine (C=N–C) groups is 1. The Kier molecular flexibility index (Phi) is 8.59. The first-order valence-corrected chi connectivity index (χ1v) is 7.02. The maximum absolute atomic E-state index is 5.72. The van der Waals surface area contributed by atoms with E-state index < -0.39 is 0 Å². The molecule has 3 N–H and O–H groups in total. The number of nitrogens with zero attached hydrogens (tertiary/aromatic N) is 1. The molecule has 0 saturated heterocycles. The second kappa shape index (κ2) is 10.1. The Bertz CT molecular complexity index is 230. The molecule has 5 heteroatoms. The van der Waals surface area contributed by atoms with Crippen molar-refractivity contribution in [3.8, 4) is 0 Å². The molecule has 0 spiro atoms. The van der Waals surface area contributed by atoms with Gasteiger partial charge in [0, 0.05) is 39.5 Å².